The SMILES string of the molecule is CNC(CCC1CC1)c1ccccc1SC. The van der Waals surface area contributed by atoms with Crippen LogP contribution in [0.15, 0.2) is 29.2 Å². The molecule has 1 atom stereocenters. The van der Waals surface area contributed by atoms with Crippen LogP contribution in [0.5, 0.6) is 0 Å². The first-order chi connectivity index (χ1) is 7.85. The van der Waals surface area contributed by atoms with Crippen LogP contribution in [-0.2, 0) is 0 Å². The Hall–Kier alpha value is -0.470. The largest absolute Gasteiger partial charge is 0.313 e. The van der Waals surface area contributed by atoms with Crippen molar-refractivity contribution < 1.29 is 0 Å². The summed E-state index contributed by atoms with van der Waals surface area (Å²) in [5.74, 6) is 1.03. The van der Waals surface area contributed by atoms with Gasteiger partial charge in [-0.1, -0.05) is 31.0 Å². The molecule has 1 aromatic carbocycles. The third-order valence-electron chi connectivity index (χ3n) is 3.42. The summed E-state index contributed by atoms with van der Waals surface area (Å²) in [6.07, 6.45) is 7.74. The molecule has 1 fully saturated rings. The molecule has 16 heavy (non-hydrogen) atoms. The molecule has 0 heterocycles. The lowest BCUT2D eigenvalue weighted by atomic mass is 10.0. The van der Waals surface area contributed by atoms with Crippen molar-refractivity contribution in [2.45, 2.75) is 36.6 Å². The second kappa shape index (κ2) is 5.74. The summed E-state index contributed by atoms with van der Waals surface area (Å²) in [5.41, 5.74) is 1.47. The van der Waals surface area contributed by atoms with E-state index in [2.05, 4.69) is 42.9 Å². The van der Waals surface area contributed by atoms with Gasteiger partial charge >= 0.3 is 0 Å². The normalized spacial score (nSPS) is 17.4. The van der Waals surface area contributed by atoms with Crippen LogP contribution < -0.4 is 5.32 Å². The molecule has 0 bridgehead atoms. The van der Waals surface area contributed by atoms with Crippen LogP contribution in [0.3, 0.4) is 0 Å². The molecule has 0 aromatic heterocycles. The summed E-state index contributed by atoms with van der Waals surface area (Å²) < 4.78 is 0. The van der Waals surface area contributed by atoms with Gasteiger partial charge in [0.2, 0.25) is 0 Å². The molecule has 0 aliphatic heterocycles. The Kier molecular flexibility index (Phi) is 4.30. The van der Waals surface area contributed by atoms with Crippen molar-refractivity contribution in [1.29, 1.82) is 0 Å². The van der Waals surface area contributed by atoms with Gasteiger partial charge in [0.15, 0.2) is 0 Å². The number of benzene rings is 1. The molecule has 1 aromatic rings. The minimum Gasteiger partial charge on any atom is -0.313 e. The van der Waals surface area contributed by atoms with E-state index in [1.807, 2.05) is 11.8 Å². The quantitative estimate of drug-likeness (QED) is 0.751. The molecule has 1 N–H and O–H groups in total. The lowest BCUT2D eigenvalue weighted by Crippen LogP contribution is -2.17. The highest BCUT2D eigenvalue weighted by Crippen LogP contribution is 2.37. The van der Waals surface area contributed by atoms with Crippen molar-refractivity contribution >= 4 is 11.8 Å². The summed E-state index contributed by atoms with van der Waals surface area (Å²) in [5, 5.41) is 3.46. The molecule has 1 saturated carbocycles. The van der Waals surface area contributed by atoms with Crippen LogP contribution in [0.2, 0.25) is 0 Å². The Bertz CT molecular complexity index is 333. The highest BCUT2D eigenvalue weighted by atomic mass is 32.2. The number of rotatable bonds is 6. The van der Waals surface area contributed by atoms with E-state index in [-0.39, 0.29) is 0 Å². The molecule has 1 aliphatic carbocycles. The first-order valence-electron chi connectivity index (χ1n) is 6.15. The summed E-state index contributed by atoms with van der Waals surface area (Å²) in [4.78, 5) is 1.41. The number of nitrogens with one attached hydrogen (secondary N) is 1. The second-order valence-corrected chi connectivity index (χ2v) is 5.45. The Morgan fingerprint density at radius 3 is 2.75 bits per heavy atom. The van der Waals surface area contributed by atoms with Gasteiger partial charge in [0, 0.05) is 10.9 Å². The van der Waals surface area contributed by atoms with Gasteiger partial charge in [-0.15, -0.1) is 11.8 Å². The molecule has 1 nitrogen and oxygen atoms in total. The summed E-state index contributed by atoms with van der Waals surface area (Å²) in [6.45, 7) is 0. The van der Waals surface area contributed by atoms with E-state index < -0.39 is 0 Å². The van der Waals surface area contributed by atoms with Crippen molar-refractivity contribution in [2.75, 3.05) is 13.3 Å². The topological polar surface area (TPSA) is 12.0 Å². The summed E-state index contributed by atoms with van der Waals surface area (Å²) >= 11 is 1.85. The van der Waals surface area contributed by atoms with E-state index in [4.69, 9.17) is 0 Å². The lowest BCUT2D eigenvalue weighted by Gasteiger charge is -2.19. The van der Waals surface area contributed by atoms with E-state index in [9.17, 15) is 0 Å². The zero-order valence-corrected chi connectivity index (χ0v) is 11.0. The van der Waals surface area contributed by atoms with Crippen LogP contribution in [-0.4, -0.2) is 13.3 Å². The van der Waals surface area contributed by atoms with E-state index in [1.165, 1.54) is 36.1 Å². The van der Waals surface area contributed by atoms with Gasteiger partial charge in [-0.25, -0.2) is 0 Å². The monoisotopic (exact) mass is 235 g/mol. The molecule has 1 unspecified atom stereocenters. The molecular formula is C14H21NS. The molecule has 2 heteroatoms. The maximum absolute atomic E-state index is 3.46. The van der Waals surface area contributed by atoms with Gasteiger partial charge in [-0.3, -0.25) is 0 Å². The van der Waals surface area contributed by atoms with E-state index in [1.54, 1.807) is 0 Å². The van der Waals surface area contributed by atoms with Crippen molar-refractivity contribution in [3.63, 3.8) is 0 Å². The average molecular weight is 235 g/mol. The van der Waals surface area contributed by atoms with Crippen molar-refractivity contribution in [3.05, 3.63) is 29.8 Å². The van der Waals surface area contributed by atoms with Crippen molar-refractivity contribution in [3.8, 4) is 0 Å². The minimum atomic E-state index is 0.532. The summed E-state index contributed by atoms with van der Waals surface area (Å²) in [7, 11) is 2.08. The molecule has 0 amide bonds. The van der Waals surface area contributed by atoms with E-state index in [0.717, 1.165) is 5.92 Å². The summed E-state index contributed by atoms with van der Waals surface area (Å²) in [6, 6.07) is 9.30. The number of hydrogen-bond acceptors (Lipinski definition) is 2. The van der Waals surface area contributed by atoms with E-state index >= 15 is 0 Å². The number of hydrogen-bond donors (Lipinski definition) is 1. The molecule has 1 aliphatic rings. The van der Waals surface area contributed by atoms with Crippen LogP contribution in [0.25, 0.3) is 0 Å². The molecule has 88 valence electrons. The highest BCUT2D eigenvalue weighted by Gasteiger charge is 2.23. The predicted molar refractivity (Wildman–Crippen MR) is 72.0 cm³/mol. The fourth-order valence-electron chi connectivity index (χ4n) is 2.22. The third-order valence-corrected chi connectivity index (χ3v) is 4.23. The van der Waals surface area contributed by atoms with Gasteiger partial charge in [-0.05, 0) is 43.7 Å². The fourth-order valence-corrected chi connectivity index (χ4v) is 2.88. The first-order valence-corrected chi connectivity index (χ1v) is 7.37. The predicted octanol–water partition coefficient (Wildman–Crippen LogP) is 3.86. The van der Waals surface area contributed by atoms with Crippen LogP contribution in [0.1, 0.15) is 37.3 Å². The lowest BCUT2D eigenvalue weighted by molar-refractivity contribution is 0.500. The molecular weight excluding hydrogens is 214 g/mol. The maximum Gasteiger partial charge on any atom is 0.0328 e. The standard InChI is InChI=1S/C14H21NS/c1-15-13(10-9-11-7-8-11)12-5-3-4-6-14(12)16-2/h3-6,11,13,15H,7-10H2,1-2H3. The van der Waals surface area contributed by atoms with Gasteiger partial charge in [0.25, 0.3) is 0 Å². The third kappa shape index (κ3) is 3.02. The van der Waals surface area contributed by atoms with Crippen molar-refractivity contribution in [1.82, 2.24) is 5.32 Å². The Morgan fingerprint density at radius 1 is 1.38 bits per heavy atom. The smallest absolute Gasteiger partial charge is 0.0328 e. The van der Waals surface area contributed by atoms with Gasteiger partial charge in [0.05, 0.1) is 0 Å². The van der Waals surface area contributed by atoms with Crippen LogP contribution in [0, 0.1) is 5.92 Å². The minimum absolute atomic E-state index is 0.532. The van der Waals surface area contributed by atoms with E-state index in [0.29, 0.717) is 6.04 Å². The Balaban J connectivity index is 2.04. The van der Waals surface area contributed by atoms with Gasteiger partial charge in [-0.2, -0.15) is 0 Å². The molecule has 0 saturated heterocycles. The molecule has 0 radical (unpaired) electrons. The average Bonchev–Trinajstić information content (AvgIpc) is 3.14. The van der Waals surface area contributed by atoms with Gasteiger partial charge in [0.1, 0.15) is 0 Å². The van der Waals surface area contributed by atoms with Gasteiger partial charge < -0.3 is 5.32 Å². The zero-order valence-electron chi connectivity index (χ0n) is 10.2. The second-order valence-electron chi connectivity index (χ2n) is 4.60. The number of thioether (sulfide) groups is 1. The molecule has 2 rings (SSSR count). The van der Waals surface area contributed by atoms with Crippen LogP contribution >= 0.6 is 11.8 Å². The maximum atomic E-state index is 3.46. The van der Waals surface area contributed by atoms with Crippen LogP contribution in [0.4, 0.5) is 0 Å². The first kappa shape index (κ1) is 12.0. The zero-order chi connectivity index (χ0) is 11.4. The highest BCUT2D eigenvalue weighted by molar-refractivity contribution is 7.98. The molecule has 0 spiro atoms. The Labute approximate surface area is 103 Å². The fraction of sp³-hybridized carbons (Fsp3) is 0.571. The Morgan fingerprint density at radius 2 is 2.12 bits per heavy atom. The van der Waals surface area contributed by atoms with Crippen molar-refractivity contribution in [2.24, 2.45) is 5.92 Å².